The molecule has 0 saturated heterocycles. The molecule has 0 unspecified atom stereocenters. The molecule has 5 rings (SSSR count). The molecule has 0 bridgehead atoms. The molecule has 2 heterocycles. The Morgan fingerprint density at radius 1 is 0.889 bits per heavy atom. The number of esters is 1. The number of carbonyl (C=O) groups excluding carboxylic acids is 1. The molecule has 0 atom stereocenters. The predicted octanol–water partition coefficient (Wildman–Crippen LogP) is 6.42. The van der Waals surface area contributed by atoms with Crippen molar-refractivity contribution in [3.63, 3.8) is 0 Å². The number of rotatable bonds is 6. The molecule has 3 aromatic carbocycles. The van der Waals surface area contributed by atoms with E-state index < -0.39 is 5.97 Å². The van der Waals surface area contributed by atoms with E-state index in [9.17, 15) is 4.79 Å². The monoisotopic (exact) mass is 497 g/mol. The summed E-state index contributed by atoms with van der Waals surface area (Å²) in [7, 11) is 1.35. The van der Waals surface area contributed by atoms with Gasteiger partial charge in [-0.3, -0.25) is 0 Å². The smallest absolute Gasteiger partial charge is 0.337 e. The summed E-state index contributed by atoms with van der Waals surface area (Å²) in [6, 6.07) is 28.9. The zero-order valence-electron chi connectivity index (χ0n) is 19.5. The highest BCUT2D eigenvalue weighted by Gasteiger charge is 2.15. The first-order valence-corrected chi connectivity index (χ1v) is 11.2. The van der Waals surface area contributed by atoms with Gasteiger partial charge in [0.05, 0.1) is 29.3 Å². The van der Waals surface area contributed by atoms with Crippen LogP contribution >= 0.6 is 12.4 Å². The molecule has 2 aromatic heterocycles. The standard InChI is InChI=1S/C29H23N3O3.ClH/c1-34-29(33)22-11-13-23(14-12-22)35-28-25-17-24(20-5-3-2-4-6-20)27(32-26(25)15-16-31-28)21-9-7-19(18-30)8-10-21;/h2-17H,18,30H2,1H3;1H. The molecule has 0 spiro atoms. The van der Waals surface area contributed by atoms with E-state index in [4.69, 9.17) is 20.2 Å². The van der Waals surface area contributed by atoms with Gasteiger partial charge in [0.25, 0.3) is 0 Å². The first-order chi connectivity index (χ1) is 17.2. The lowest BCUT2D eigenvalue weighted by atomic mass is 9.97. The molecule has 0 aliphatic rings. The van der Waals surface area contributed by atoms with Crippen LogP contribution in [0, 0.1) is 0 Å². The molecular formula is C29H24ClN3O3. The average Bonchev–Trinajstić information content (AvgIpc) is 2.93. The third kappa shape index (κ3) is 5.05. The van der Waals surface area contributed by atoms with Gasteiger partial charge in [-0.25, -0.2) is 14.8 Å². The average molecular weight is 498 g/mol. The van der Waals surface area contributed by atoms with Crippen molar-refractivity contribution >= 4 is 29.3 Å². The van der Waals surface area contributed by atoms with Crippen LogP contribution in [0.4, 0.5) is 0 Å². The van der Waals surface area contributed by atoms with Gasteiger partial charge in [-0.05, 0) is 47.5 Å². The highest BCUT2D eigenvalue weighted by molar-refractivity contribution is 5.94. The molecule has 0 aliphatic heterocycles. The minimum atomic E-state index is -0.399. The van der Waals surface area contributed by atoms with E-state index in [1.54, 1.807) is 30.5 Å². The molecule has 0 radical (unpaired) electrons. The van der Waals surface area contributed by atoms with Crippen LogP contribution in [-0.2, 0) is 11.3 Å². The summed E-state index contributed by atoms with van der Waals surface area (Å²) < 4.78 is 10.9. The van der Waals surface area contributed by atoms with E-state index in [2.05, 4.69) is 23.2 Å². The Balaban J connectivity index is 0.00000304. The zero-order chi connectivity index (χ0) is 24.2. The summed E-state index contributed by atoms with van der Waals surface area (Å²) in [6.07, 6.45) is 1.68. The van der Waals surface area contributed by atoms with Crippen LogP contribution in [0.1, 0.15) is 15.9 Å². The number of benzene rings is 3. The van der Waals surface area contributed by atoms with Gasteiger partial charge in [0.1, 0.15) is 5.75 Å². The van der Waals surface area contributed by atoms with Crippen LogP contribution in [-0.4, -0.2) is 23.0 Å². The van der Waals surface area contributed by atoms with Crippen molar-refractivity contribution in [1.29, 1.82) is 0 Å². The normalized spacial score (nSPS) is 10.5. The summed E-state index contributed by atoms with van der Waals surface area (Å²) in [5.74, 6) is 0.590. The van der Waals surface area contributed by atoms with Gasteiger partial charge < -0.3 is 15.2 Å². The molecule has 180 valence electrons. The molecule has 5 aromatic rings. The molecule has 2 N–H and O–H groups in total. The first-order valence-electron chi connectivity index (χ1n) is 11.2. The van der Waals surface area contributed by atoms with E-state index in [0.717, 1.165) is 38.9 Å². The number of aromatic nitrogens is 2. The minimum Gasteiger partial charge on any atom is -0.465 e. The van der Waals surface area contributed by atoms with Crippen LogP contribution in [0.5, 0.6) is 11.6 Å². The van der Waals surface area contributed by atoms with Crippen LogP contribution in [0.15, 0.2) is 97.2 Å². The summed E-state index contributed by atoms with van der Waals surface area (Å²) in [5.41, 5.74) is 11.9. The fraction of sp³-hybridized carbons (Fsp3) is 0.0690. The Bertz CT molecular complexity index is 1490. The maximum atomic E-state index is 11.7. The molecule has 0 saturated carbocycles. The number of hydrogen-bond acceptors (Lipinski definition) is 6. The molecule has 36 heavy (non-hydrogen) atoms. The molecule has 7 heteroatoms. The molecular weight excluding hydrogens is 474 g/mol. The summed E-state index contributed by atoms with van der Waals surface area (Å²) in [4.78, 5) is 21.2. The van der Waals surface area contributed by atoms with E-state index in [-0.39, 0.29) is 12.4 Å². The number of nitrogens with two attached hydrogens (primary N) is 1. The fourth-order valence-electron chi connectivity index (χ4n) is 3.90. The third-order valence-corrected chi connectivity index (χ3v) is 5.74. The Hall–Kier alpha value is -4.26. The number of carbonyl (C=O) groups is 1. The number of methoxy groups -OCH3 is 1. The van der Waals surface area contributed by atoms with E-state index in [1.807, 2.05) is 48.5 Å². The Labute approximate surface area is 215 Å². The number of halogens is 1. The zero-order valence-corrected chi connectivity index (χ0v) is 20.4. The first kappa shape index (κ1) is 24.9. The number of pyridine rings is 2. The van der Waals surface area contributed by atoms with Crippen molar-refractivity contribution in [1.82, 2.24) is 9.97 Å². The van der Waals surface area contributed by atoms with Crippen LogP contribution in [0.2, 0.25) is 0 Å². The SMILES string of the molecule is COC(=O)c1ccc(Oc2nccc3nc(-c4ccc(CN)cc4)c(-c4ccccc4)cc23)cc1.Cl. The Morgan fingerprint density at radius 2 is 1.61 bits per heavy atom. The van der Waals surface area contributed by atoms with Gasteiger partial charge in [0.2, 0.25) is 5.88 Å². The van der Waals surface area contributed by atoms with Crippen molar-refractivity contribution in [2.75, 3.05) is 7.11 Å². The number of ether oxygens (including phenoxy) is 2. The van der Waals surface area contributed by atoms with Crippen molar-refractivity contribution < 1.29 is 14.3 Å². The van der Waals surface area contributed by atoms with Gasteiger partial charge in [-0.15, -0.1) is 12.4 Å². The van der Waals surface area contributed by atoms with Gasteiger partial charge in [-0.2, -0.15) is 0 Å². The van der Waals surface area contributed by atoms with E-state index in [1.165, 1.54) is 7.11 Å². The lowest BCUT2D eigenvalue weighted by Crippen LogP contribution is -2.00. The molecule has 6 nitrogen and oxygen atoms in total. The highest BCUT2D eigenvalue weighted by atomic mass is 35.5. The van der Waals surface area contributed by atoms with Crippen molar-refractivity contribution in [2.45, 2.75) is 6.54 Å². The summed E-state index contributed by atoms with van der Waals surface area (Å²) in [5, 5.41) is 0.783. The van der Waals surface area contributed by atoms with E-state index in [0.29, 0.717) is 23.7 Å². The second-order valence-electron chi connectivity index (χ2n) is 7.95. The van der Waals surface area contributed by atoms with Crippen molar-refractivity contribution in [2.24, 2.45) is 5.73 Å². The van der Waals surface area contributed by atoms with Crippen LogP contribution < -0.4 is 10.5 Å². The van der Waals surface area contributed by atoms with Gasteiger partial charge in [0.15, 0.2) is 0 Å². The Kier molecular flexibility index (Phi) is 7.59. The van der Waals surface area contributed by atoms with E-state index >= 15 is 0 Å². The topological polar surface area (TPSA) is 87.3 Å². The minimum absolute atomic E-state index is 0. The van der Waals surface area contributed by atoms with Crippen LogP contribution in [0.25, 0.3) is 33.3 Å². The van der Waals surface area contributed by atoms with Gasteiger partial charge >= 0.3 is 5.97 Å². The third-order valence-electron chi connectivity index (χ3n) is 5.74. The van der Waals surface area contributed by atoms with Crippen molar-refractivity contribution in [3.8, 4) is 34.0 Å². The Morgan fingerprint density at radius 3 is 2.28 bits per heavy atom. The summed E-state index contributed by atoms with van der Waals surface area (Å²) in [6.45, 7) is 0.490. The molecule has 0 amide bonds. The largest absolute Gasteiger partial charge is 0.465 e. The van der Waals surface area contributed by atoms with Crippen LogP contribution in [0.3, 0.4) is 0 Å². The number of hydrogen-bond donors (Lipinski definition) is 1. The van der Waals surface area contributed by atoms with Crippen molar-refractivity contribution in [3.05, 3.63) is 108 Å². The summed E-state index contributed by atoms with van der Waals surface area (Å²) >= 11 is 0. The number of nitrogens with zero attached hydrogens (tertiary/aromatic N) is 2. The fourth-order valence-corrected chi connectivity index (χ4v) is 3.90. The second-order valence-corrected chi connectivity index (χ2v) is 7.95. The quantitative estimate of drug-likeness (QED) is 0.272. The lowest BCUT2D eigenvalue weighted by Gasteiger charge is -2.14. The predicted molar refractivity (Wildman–Crippen MR) is 143 cm³/mol. The number of fused-ring (bicyclic) bond motifs is 1. The maximum Gasteiger partial charge on any atom is 0.337 e. The molecule has 0 fully saturated rings. The second kappa shape index (κ2) is 11.0. The van der Waals surface area contributed by atoms with Gasteiger partial charge in [0, 0.05) is 23.9 Å². The van der Waals surface area contributed by atoms with Gasteiger partial charge in [-0.1, -0.05) is 54.6 Å². The lowest BCUT2D eigenvalue weighted by molar-refractivity contribution is 0.0600. The maximum absolute atomic E-state index is 11.7. The highest BCUT2D eigenvalue weighted by Crippen LogP contribution is 2.36. The molecule has 0 aliphatic carbocycles.